The van der Waals surface area contributed by atoms with Crippen molar-refractivity contribution in [3.05, 3.63) is 88.9 Å². The number of carbonyl (C=O) groups is 2. The predicted molar refractivity (Wildman–Crippen MR) is 148 cm³/mol. The molecule has 1 aromatic heterocycles. The van der Waals surface area contributed by atoms with Gasteiger partial charge >= 0.3 is 0 Å². The molecule has 8 nitrogen and oxygen atoms in total. The molecule has 2 N–H and O–H groups in total. The highest BCUT2D eigenvalue weighted by molar-refractivity contribution is 7.13. The summed E-state index contributed by atoms with van der Waals surface area (Å²) in [7, 11) is 1.56. The molecule has 1 saturated heterocycles. The number of aromatic hydroxyl groups is 1. The largest absolute Gasteiger partial charge is 0.504 e. The number of methoxy groups -OCH3 is 1. The van der Waals surface area contributed by atoms with Crippen molar-refractivity contribution >= 4 is 23.2 Å². The maximum Gasteiger partial charge on any atom is 0.273 e. The molecule has 4 bridgehead atoms. The highest BCUT2D eigenvalue weighted by Crippen LogP contribution is 2.40. The average molecular weight is 542 g/mol. The summed E-state index contributed by atoms with van der Waals surface area (Å²) >= 11 is 1.44. The molecule has 198 valence electrons. The number of rotatable bonds is 3. The molecule has 2 amide bonds. The molecular weight excluding hydrogens is 514 g/mol. The SMILES string of the molecule is COc1ccc2cc1Oc1cc(ccc1O)CCC(=O)N[C@@H]1CN(C(=O)c3csc(-c4ccccc4)n3)C[C@@H]21. The lowest BCUT2D eigenvalue weighted by atomic mass is 9.93. The number of benzene rings is 3. The first-order chi connectivity index (χ1) is 19.0. The van der Waals surface area contributed by atoms with Crippen LogP contribution in [0.25, 0.3) is 10.6 Å². The highest BCUT2D eigenvalue weighted by Gasteiger charge is 2.38. The zero-order valence-corrected chi connectivity index (χ0v) is 22.1. The third-order valence-electron chi connectivity index (χ3n) is 7.20. The molecule has 4 aromatic rings. The normalized spacial score (nSPS) is 18.6. The molecule has 0 spiro atoms. The fraction of sp³-hybridized carbons (Fsp3) is 0.233. The summed E-state index contributed by atoms with van der Waals surface area (Å²) in [6, 6.07) is 20.2. The number of aryl methyl sites for hydroxylation is 1. The Kier molecular flexibility index (Phi) is 6.66. The second kappa shape index (κ2) is 10.4. The van der Waals surface area contributed by atoms with E-state index in [1.807, 2.05) is 42.5 Å². The standard InChI is InChI=1S/C30H27N3O5S/c1-37-25-11-9-20-14-27(25)38-26-13-18(7-10-24(26)34)8-12-28(35)31-22-16-33(15-21(20)22)30(36)23-17-39-29(32-23)19-5-3-2-4-6-19/h2-7,9-11,13-14,17,21-22,34H,8,12,15-16H2,1H3,(H,31,35)/t21-,22+/m0/s1. The van der Waals surface area contributed by atoms with Crippen LogP contribution in [0.1, 0.15) is 34.0 Å². The molecule has 9 heteroatoms. The van der Waals surface area contributed by atoms with E-state index in [0.717, 1.165) is 21.7 Å². The van der Waals surface area contributed by atoms with Gasteiger partial charge in [0.05, 0.1) is 13.2 Å². The van der Waals surface area contributed by atoms with Crippen molar-refractivity contribution in [2.24, 2.45) is 0 Å². The van der Waals surface area contributed by atoms with Crippen LogP contribution in [0.4, 0.5) is 0 Å². The number of phenols is 1. The molecule has 0 unspecified atom stereocenters. The Morgan fingerprint density at radius 3 is 2.74 bits per heavy atom. The van der Waals surface area contributed by atoms with Gasteiger partial charge in [0.2, 0.25) is 5.91 Å². The van der Waals surface area contributed by atoms with Gasteiger partial charge in [-0.2, -0.15) is 0 Å². The molecule has 0 aliphatic carbocycles. The second-order valence-corrected chi connectivity index (χ2v) is 10.6. The van der Waals surface area contributed by atoms with E-state index in [1.165, 1.54) is 11.3 Å². The molecule has 0 saturated carbocycles. The molecule has 3 heterocycles. The van der Waals surface area contributed by atoms with Gasteiger partial charge in [0.1, 0.15) is 10.7 Å². The van der Waals surface area contributed by atoms with Gasteiger partial charge in [-0.3, -0.25) is 9.59 Å². The van der Waals surface area contributed by atoms with E-state index in [1.54, 1.807) is 41.7 Å². The molecule has 3 aromatic carbocycles. The van der Waals surface area contributed by atoms with Crippen LogP contribution in [0.15, 0.2) is 72.1 Å². The number of phenolic OH excluding ortho intramolecular Hbond substituents is 1. The summed E-state index contributed by atoms with van der Waals surface area (Å²) in [6.07, 6.45) is 0.757. The van der Waals surface area contributed by atoms with Crippen LogP contribution in [-0.4, -0.2) is 53.0 Å². The minimum Gasteiger partial charge on any atom is -0.504 e. The molecule has 6 rings (SSSR count). The minimum absolute atomic E-state index is 0.000760. The molecular formula is C30H27N3O5S. The van der Waals surface area contributed by atoms with E-state index in [9.17, 15) is 14.7 Å². The van der Waals surface area contributed by atoms with E-state index in [4.69, 9.17) is 9.47 Å². The molecule has 2 aliphatic rings. The number of hydrogen-bond acceptors (Lipinski definition) is 7. The monoisotopic (exact) mass is 541 g/mol. The van der Waals surface area contributed by atoms with Gasteiger partial charge in [-0.15, -0.1) is 11.3 Å². The van der Waals surface area contributed by atoms with Crippen LogP contribution in [0, 0.1) is 0 Å². The molecule has 0 radical (unpaired) electrons. The molecule has 2 atom stereocenters. The van der Waals surface area contributed by atoms with Gasteiger partial charge in [-0.25, -0.2) is 4.98 Å². The van der Waals surface area contributed by atoms with Crippen LogP contribution >= 0.6 is 11.3 Å². The Balaban J connectivity index is 1.32. The number of likely N-dealkylation sites (tertiary alicyclic amines) is 1. The van der Waals surface area contributed by atoms with Crippen molar-refractivity contribution in [3.63, 3.8) is 0 Å². The summed E-state index contributed by atoms with van der Waals surface area (Å²) in [5.74, 6) is 0.823. The number of fused-ring (bicyclic) bond motifs is 6. The molecule has 1 fully saturated rings. The van der Waals surface area contributed by atoms with Gasteiger partial charge in [0.15, 0.2) is 23.0 Å². The van der Waals surface area contributed by atoms with Crippen molar-refractivity contribution in [1.82, 2.24) is 15.2 Å². The Bertz CT molecular complexity index is 1540. The van der Waals surface area contributed by atoms with Gasteiger partial charge in [-0.1, -0.05) is 42.5 Å². The lowest BCUT2D eigenvalue weighted by Crippen LogP contribution is -2.40. The van der Waals surface area contributed by atoms with E-state index < -0.39 is 0 Å². The number of nitrogens with one attached hydrogen (secondary N) is 1. The fourth-order valence-electron chi connectivity index (χ4n) is 5.16. The number of nitrogens with zero attached hydrogens (tertiary/aromatic N) is 2. The number of carbonyl (C=O) groups excluding carboxylic acids is 2. The maximum atomic E-state index is 13.5. The summed E-state index contributed by atoms with van der Waals surface area (Å²) in [4.78, 5) is 32.9. The first-order valence-corrected chi connectivity index (χ1v) is 13.6. The Hall–Kier alpha value is -4.37. The Morgan fingerprint density at radius 1 is 1.08 bits per heavy atom. The minimum atomic E-state index is -0.285. The summed E-state index contributed by atoms with van der Waals surface area (Å²) in [6.45, 7) is 0.775. The first-order valence-electron chi connectivity index (χ1n) is 12.8. The van der Waals surface area contributed by atoms with Crippen molar-refractivity contribution in [2.75, 3.05) is 20.2 Å². The topological polar surface area (TPSA) is 101 Å². The number of amides is 2. The van der Waals surface area contributed by atoms with Crippen LogP contribution in [0.5, 0.6) is 23.0 Å². The van der Waals surface area contributed by atoms with Crippen molar-refractivity contribution in [3.8, 4) is 33.6 Å². The molecule has 39 heavy (non-hydrogen) atoms. The van der Waals surface area contributed by atoms with Crippen LogP contribution in [0.3, 0.4) is 0 Å². The van der Waals surface area contributed by atoms with Gasteiger partial charge in [0, 0.05) is 36.4 Å². The smallest absolute Gasteiger partial charge is 0.273 e. The van der Waals surface area contributed by atoms with Gasteiger partial charge in [-0.05, 0) is 41.8 Å². The zero-order chi connectivity index (χ0) is 26.9. The number of ether oxygens (including phenoxy) is 2. The number of hydrogen-bond donors (Lipinski definition) is 2. The fourth-order valence-corrected chi connectivity index (χ4v) is 5.96. The highest BCUT2D eigenvalue weighted by atomic mass is 32.1. The van der Waals surface area contributed by atoms with Crippen LogP contribution < -0.4 is 14.8 Å². The van der Waals surface area contributed by atoms with Gasteiger partial charge in [0.25, 0.3) is 5.91 Å². The lowest BCUT2D eigenvalue weighted by Gasteiger charge is -2.21. The average Bonchev–Trinajstić information content (AvgIpc) is 3.61. The van der Waals surface area contributed by atoms with E-state index in [2.05, 4.69) is 10.3 Å². The van der Waals surface area contributed by atoms with E-state index >= 15 is 0 Å². The van der Waals surface area contributed by atoms with Crippen molar-refractivity contribution in [1.29, 1.82) is 0 Å². The lowest BCUT2D eigenvalue weighted by molar-refractivity contribution is -0.121. The third kappa shape index (κ3) is 5.05. The Morgan fingerprint density at radius 2 is 1.92 bits per heavy atom. The number of aromatic nitrogens is 1. The first kappa shape index (κ1) is 24.9. The van der Waals surface area contributed by atoms with E-state index in [-0.39, 0.29) is 35.9 Å². The van der Waals surface area contributed by atoms with Crippen LogP contribution in [-0.2, 0) is 11.2 Å². The predicted octanol–water partition coefficient (Wildman–Crippen LogP) is 4.99. The third-order valence-corrected chi connectivity index (χ3v) is 8.09. The summed E-state index contributed by atoms with van der Waals surface area (Å²) in [5.41, 5.74) is 3.12. The number of thiazole rings is 1. The maximum absolute atomic E-state index is 13.5. The van der Waals surface area contributed by atoms with Crippen molar-refractivity contribution in [2.45, 2.75) is 24.8 Å². The summed E-state index contributed by atoms with van der Waals surface area (Å²) < 4.78 is 11.6. The summed E-state index contributed by atoms with van der Waals surface area (Å²) in [5, 5.41) is 16.2. The quantitative estimate of drug-likeness (QED) is 0.379. The van der Waals surface area contributed by atoms with Crippen LogP contribution in [0.2, 0.25) is 0 Å². The van der Waals surface area contributed by atoms with E-state index in [0.29, 0.717) is 42.5 Å². The van der Waals surface area contributed by atoms with Gasteiger partial charge < -0.3 is 24.8 Å². The Labute approximate surface area is 229 Å². The zero-order valence-electron chi connectivity index (χ0n) is 21.3. The molecule has 2 aliphatic heterocycles. The second-order valence-electron chi connectivity index (χ2n) is 9.71. The van der Waals surface area contributed by atoms with Crippen molar-refractivity contribution < 1.29 is 24.2 Å².